The first-order valence-corrected chi connectivity index (χ1v) is 8.82. The molecule has 2 aromatic carbocycles. The van der Waals surface area contributed by atoms with Gasteiger partial charge in [-0.05, 0) is 51.8 Å². The quantitative estimate of drug-likeness (QED) is 0.791. The molecule has 25 heavy (non-hydrogen) atoms. The van der Waals surface area contributed by atoms with Crippen LogP contribution in [-0.4, -0.2) is 41.9 Å². The zero-order valence-electron chi connectivity index (χ0n) is 13.6. The summed E-state index contributed by atoms with van der Waals surface area (Å²) in [6, 6.07) is 13.8. The first kappa shape index (κ1) is 17.6. The second-order valence-electron chi connectivity index (χ2n) is 6.00. The highest BCUT2D eigenvalue weighted by atomic mass is 79.9. The number of halogens is 2. The van der Waals surface area contributed by atoms with Crippen LogP contribution in [0.25, 0.3) is 0 Å². The Hall–Kier alpha value is -2.23. The van der Waals surface area contributed by atoms with Crippen LogP contribution in [0, 0.1) is 17.1 Å². The predicted octanol–water partition coefficient (Wildman–Crippen LogP) is 3.42. The van der Waals surface area contributed by atoms with Crippen LogP contribution < -0.4 is 0 Å². The molecular weight excluding hydrogens is 385 g/mol. The Morgan fingerprint density at radius 1 is 1.12 bits per heavy atom. The second-order valence-corrected chi connectivity index (χ2v) is 6.86. The van der Waals surface area contributed by atoms with Crippen molar-refractivity contribution in [2.24, 2.45) is 0 Å². The summed E-state index contributed by atoms with van der Waals surface area (Å²) in [5, 5.41) is 8.84. The molecule has 1 aliphatic rings. The van der Waals surface area contributed by atoms with Gasteiger partial charge in [0.2, 0.25) is 0 Å². The van der Waals surface area contributed by atoms with Crippen molar-refractivity contribution in [3.8, 4) is 6.07 Å². The number of rotatable bonds is 3. The molecule has 0 saturated carbocycles. The fraction of sp³-hybridized carbons (Fsp3) is 0.263. The van der Waals surface area contributed by atoms with Gasteiger partial charge in [0.05, 0.1) is 17.2 Å². The molecule has 1 amide bonds. The molecule has 0 radical (unpaired) electrons. The molecule has 2 aromatic rings. The Bertz CT molecular complexity index is 808. The minimum Gasteiger partial charge on any atom is -0.336 e. The van der Waals surface area contributed by atoms with E-state index in [1.54, 1.807) is 11.0 Å². The molecule has 1 saturated heterocycles. The fourth-order valence-corrected chi connectivity index (χ4v) is 3.30. The lowest BCUT2D eigenvalue weighted by molar-refractivity contribution is 0.0627. The first-order chi connectivity index (χ1) is 12.1. The number of amides is 1. The monoisotopic (exact) mass is 401 g/mol. The van der Waals surface area contributed by atoms with E-state index >= 15 is 0 Å². The number of carbonyl (C=O) groups is 1. The number of nitriles is 1. The fourth-order valence-electron chi connectivity index (χ4n) is 2.88. The third-order valence-electron chi connectivity index (χ3n) is 4.31. The number of piperazine rings is 1. The molecule has 0 aromatic heterocycles. The lowest BCUT2D eigenvalue weighted by Gasteiger charge is -2.35. The van der Waals surface area contributed by atoms with Gasteiger partial charge < -0.3 is 4.90 Å². The van der Waals surface area contributed by atoms with E-state index in [0.29, 0.717) is 28.7 Å². The van der Waals surface area contributed by atoms with Gasteiger partial charge in [-0.15, -0.1) is 0 Å². The topological polar surface area (TPSA) is 47.3 Å². The zero-order chi connectivity index (χ0) is 17.8. The van der Waals surface area contributed by atoms with Crippen LogP contribution in [0.5, 0.6) is 0 Å². The van der Waals surface area contributed by atoms with Gasteiger partial charge in [0.1, 0.15) is 5.82 Å². The molecule has 0 N–H and O–H groups in total. The van der Waals surface area contributed by atoms with E-state index in [0.717, 1.165) is 25.2 Å². The van der Waals surface area contributed by atoms with Crippen LogP contribution in [0.4, 0.5) is 4.39 Å². The van der Waals surface area contributed by atoms with E-state index in [-0.39, 0.29) is 5.91 Å². The molecule has 0 spiro atoms. The van der Waals surface area contributed by atoms with Crippen LogP contribution in [0.2, 0.25) is 0 Å². The van der Waals surface area contributed by atoms with Gasteiger partial charge in [0.15, 0.2) is 0 Å². The number of hydrogen-bond donors (Lipinski definition) is 0. The number of nitrogens with zero attached hydrogens (tertiary/aromatic N) is 3. The van der Waals surface area contributed by atoms with Gasteiger partial charge in [-0.1, -0.05) is 12.1 Å². The Balaban J connectivity index is 1.58. The summed E-state index contributed by atoms with van der Waals surface area (Å²) in [6.45, 7) is 3.53. The third-order valence-corrected chi connectivity index (χ3v) is 5.00. The summed E-state index contributed by atoms with van der Waals surface area (Å²) in [7, 11) is 0. The number of carbonyl (C=O) groups excluding carboxylic acids is 1. The predicted molar refractivity (Wildman–Crippen MR) is 96.4 cm³/mol. The van der Waals surface area contributed by atoms with Crippen LogP contribution in [-0.2, 0) is 6.54 Å². The van der Waals surface area contributed by atoms with Gasteiger partial charge in [-0.25, -0.2) is 4.39 Å². The summed E-state index contributed by atoms with van der Waals surface area (Å²) in [6.07, 6.45) is 0. The van der Waals surface area contributed by atoms with E-state index in [4.69, 9.17) is 5.26 Å². The minimum absolute atomic E-state index is 0.149. The van der Waals surface area contributed by atoms with Crippen molar-refractivity contribution in [2.45, 2.75) is 6.54 Å². The average Bonchev–Trinajstić information content (AvgIpc) is 2.64. The third kappa shape index (κ3) is 4.25. The van der Waals surface area contributed by atoms with Crippen molar-refractivity contribution in [1.82, 2.24) is 9.80 Å². The summed E-state index contributed by atoms with van der Waals surface area (Å²) < 4.78 is 14.0. The largest absolute Gasteiger partial charge is 0.336 e. The molecule has 4 nitrogen and oxygen atoms in total. The molecule has 0 unspecified atom stereocenters. The lowest BCUT2D eigenvalue weighted by Crippen LogP contribution is -2.48. The van der Waals surface area contributed by atoms with Gasteiger partial charge in [0.25, 0.3) is 5.91 Å². The van der Waals surface area contributed by atoms with E-state index in [1.165, 1.54) is 12.1 Å². The minimum atomic E-state index is -0.411. The van der Waals surface area contributed by atoms with Crippen molar-refractivity contribution < 1.29 is 9.18 Å². The summed E-state index contributed by atoms with van der Waals surface area (Å²) >= 11 is 3.32. The maximum Gasteiger partial charge on any atom is 0.255 e. The second kappa shape index (κ2) is 7.77. The van der Waals surface area contributed by atoms with Crippen molar-refractivity contribution >= 4 is 21.8 Å². The molecule has 0 aliphatic carbocycles. The molecular formula is C19H17BrFN3O. The molecule has 128 valence electrons. The molecule has 1 aliphatic heterocycles. The van der Waals surface area contributed by atoms with E-state index < -0.39 is 5.82 Å². The highest BCUT2D eigenvalue weighted by Gasteiger charge is 2.23. The molecule has 0 bridgehead atoms. The normalized spacial score (nSPS) is 15.0. The zero-order valence-corrected chi connectivity index (χ0v) is 15.2. The molecule has 3 rings (SSSR count). The van der Waals surface area contributed by atoms with Gasteiger partial charge in [0, 0.05) is 37.2 Å². The van der Waals surface area contributed by atoms with E-state index in [1.807, 2.05) is 24.3 Å². The summed E-state index contributed by atoms with van der Waals surface area (Å²) in [5.41, 5.74) is 2.16. The molecule has 1 fully saturated rings. The average molecular weight is 402 g/mol. The maximum atomic E-state index is 13.4. The SMILES string of the molecule is N#Cc1ccc(CN2CCN(C(=O)c3cc(F)ccc3Br)CC2)cc1. The standard InChI is InChI=1S/C19H17BrFN3O/c20-18-6-5-16(21)11-17(18)19(25)24-9-7-23(8-10-24)13-15-3-1-14(12-22)2-4-15/h1-6,11H,7-10,13H2. The number of hydrogen-bond acceptors (Lipinski definition) is 3. The number of benzene rings is 2. The highest BCUT2D eigenvalue weighted by Crippen LogP contribution is 2.20. The first-order valence-electron chi connectivity index (χ1n) is 8.02. The van der Waals surface area contributed by atoms with E-state index in [9.17, 15) is 9.18 Å². The van der Waals surface area contributed by atoms with Crippen LogP contribution in [0.3, 0.4) is 0 Å². The van der Waals surface area contributed by atoms with E-state index in [2.05, 4.69) is 26.9 Å². The summed E-state index contributed by atoms with van der Waals surface area (Å²) in [4.78, 5) is 16.6. The Morgan fingerprint density at radius 2 is 1.80 bits per heavy atom. The molecule has 1 heterocycles. The Labute approximate surface area is 154 Å². The highest BCUT2D eigenvalue weighted by molar-refractivity contribution is 9.10. The lowest BCUT2D eigenvalue weighted by atomic mass is 10.1. The van der Waals surface area contributed by atoms with Crippen molar-refractivity contribution in [1.29, 1.82) is 5.26 Å². The van der Waals surface area contributed by atoms with Crippen LogP contribution in [0.1, 0.15) is 21.5 Å². The van der Waals surface area contributed by atoms with Gasteiger partial charge in [-0.2, -0.15) is 5.26 Å². The summed E-state index contributed by atoms with van der Waals surface area (Å²) in [5.74, 6) is -0.560. The van der Waals surface area contributed by atoms with Crippen molar-refractivity contribution in [3.63, 3.8) is 0 Å². The van der Waals surface area contributed by atoms with Crippen molar-refractivity contribution in [3.05, 3.63) is 69.4 Å². The van der Waals surface area contributed by atoms with Gasteiger partial charge >= 0.3 is 0 Å². The smallest absolute Gasteiger partial charge is 0.255 e. The Morgan fingerprint density at radius 3 is 2.44 bits per heavy atom. The Kier molecular flexibility index (Phi) is 5.47. The van der Waals surface area contributed by atoms with Crippen LogP contribution in [0.15, 0.2) is 46.9 Å². The van der Waals surface area contributed by atoms with Crippen molar-refractivity contribution in [2.75, 3.05) is 26.2 Å². The molecule has 0 atom stereocenters. The van der Waals surface area contributed by atoms with Gasteiger partial charge in [-0.3, -0.25) is 9.69 Å². The maximum absolute atomic E-state index is 13.4. The van der Waals surface area contributed by atoms with Crippen LogP contribution >= 0.6 is 15.9 Å². The molecule has 6 heteroatoms.